The minimum absolute atomic E-state index is 0.195. The fourth-order valence-corrected chi connectivity index (χ4v) is 3.89. The second-order valence-electron chi connectivity index (χ2n) is 6.45. The van der Waals surface area contributed by atoms with Crippen molar-refractivity contribution in [2.24, 2.45) is 0 Å². The Morgan fingerprint density at radius 3 is 3.00 bits per heavy atom. The van der Waals surface area contributed by atoms with Gasteiger partial charge in [0.2, 0.25) is 6.79 Å². The van der Waals surface area contributed by atoms with E-state index in [0.717, 1.165) is 11.1 Å². The first kappa shape index (κ1) is 16.8. The molecule has 0 aliphatic carbocycles. The van der Waals surface area contributed by atoms with Crippen LogP contribution < -0.4 is 14.8 Å². The molecule has 0 radical (unpaired) electrons. The van der Waals surface area contributed by atoms with Crippen LogP contribution in [0.4, 0.5) is 5.69 Å². The van der Waals surface area contributed by atoms with E-state index in [-0.39, 0.29) is 12.7 Å². The van der Waals surface area contributed by atoms with E-state index in [4.69, 9.17) is 9.47 Å². The van der Waals surface area contributed by atoms with E-state index in [0.29, 0.717) is 34.9 Å². The number of nitrogens with zero attached hydrogens (tertiary/aromatic N) is 3. The van der Waals surface area contributed by atoms with Crippen LogP contribution >= 0.6 is 11.3 Å². The van der Waals surface area contributed by atoms with Crippen LogP contribution in [0.15, 0.2) is 48.0 Å². The van der Waals surface area contributed by atoms with E-state index in [1.807, 2.05) is 23.1 Å². The number of rotatable bonds is 4. The lowest BCUT2D eigenvalue weighted by Crippen LogP contribution is -2.13. The van der Waals surface area contributed by atoms with Gasteiger partial charge in [-0.2, -0.15) is 5.10 Å². The maximum Gasteiger partial charge on any atom is 0.256 e. The second-order valence-corrected chi connectivity index (χ2v) is 7.48. The Morgan fingerprint density at radius 1 is 1.25 bits per heavy atom. The predicted octanol–water partition coefficient (Wildman–Crippen LogP) is 3.83. The third-order valence-electron chi connectivity index (χ3n) is 4.50. The first-order chi connectivity index (χ1) is 13.7. The van der Waals surface area contributed by atoms with Crippen LogP contribution in [0, 0.1) is 6.92 Å². The Bertz CT molecular complexity index is 1180. The number of anilines is 1. The van der Waals surface area contributed by atoms with Crippen molar-refractivity contribution < 1.29 is 14.3 Å². The van der Waals surface area contributed by atoms with Crippen molar-refractivity contribution in [2.45, 2.75) is 13.5 Å². The zero-order valence-electron chi connectivity index (χ0n) is 15.0. The van der Waals surface area contributed by atoms with Crippen molar-refractivity contribution in [3.05, 3.63) is 64.1 Å². The molecule has 140 valence electrons. The summed E-state index contributed by atoms with van der Waals surface area (Å²) in [5.74, 6) is 1.08. The Morgan fingerprint density at radius 2 is 2.14 bits per heavy atom. The monoisotopic (exact) mass is 392 g/mol. The largest absolute Gasteiger partial charge is 0.454 e. The van der Waals surface area contributed by atoms with Crippen molar-refractivity contribution in [2.75, 3.05) is 12.1 Å². The second kappa shape index (κ2) is 6.65. The summed E-state index contributed by atoms with van der Waals surface area (Å²) in [6.07, 6.45) is 1.70. The highest BCUT2D eigenvalue weighted by atomic mass is 32.1. The third kappa shape index (κ3) is 2.97. The molecule has 28 heavy (non-hydrogen) atoms. The molecule has 4 aromatic rings. The lowest BCUT2D eigenvalue weighted by Gasteiger charge is -2.08. The summed E-state index contributed by atoms with van der Waals surface area (Å²) in [5, 5.41) is 10.1. The molecule has 3 aromatic heterocycles. The highest BCUT2D eigenvalue weighted by Gasteiger charge is 2.18. The molecule has 0 fully saturated rings. The summed E-state index contributed by atoms with van der Waals surface area (Å²) < 4.78 is 12.5. The highest BCUT2D eigenvalue weighted by Crippen LogP contribution is 2.34. The molecule has 0 bridgehead atoms. The number of aromatic nitrogens is 3. The molecule has 0 saturated heterocycles. The molecular weight excluding hydrogens is 376 g/mol. The van der Waals surface area contributed by atoms with E-state index in [1.54, 1.807) is 41.8 Å². The van der Waals surface area contributed by atoms with Crippen LogP contribution in [0.25, 0.3) is 11.0 Å². The maximum atomic E-state index is 13.0. The molecule has 0 saturated carbocycles. The third-order valence-corrected chi connectivity index (χ3v) is 5.36. The smallest absolute Gasteiger partial charge is 0.256 e. The topological polar surface area (TPSA) is 78.3 Å². The van der Waals surface area contributed by atoms with E-state index in [1.165, 1.54) is 4.88 Å². The molecule has 4 heterocycles. The number of amides is 1. The van der Waals surface area contributed by atoms with Gasteiger partial charge < -0.3 is 14.8 Å². The molecule has 0 atom stereocenters. The van der Waals surface area contributed by atoms with Gasteiger partial charge in [-0.3, -0.25) is 4.79 Å². The van der Waals surface area contributed by atoms with Crippen molar-refractivity contribution in [1.82, 2.24) is 14.8 Å². The lowest BCUT2D eigenvalue weighted by atomic mass is 10.1. The first-order valence-electron chi connectivity index (χ1n) is 8.74. The molecule has 1 aliphatic heterocycles. The van der Waals surface area contributed by atoms with Crippen molar-refractivity contribution >= 4 is 34.0 Å². The summed E-state index contributed by atoms with van der Waals surface area (Å²) in [6, 6.07) is 11.2. The number of hydrogen-bond acceptors (Lipinski definition) is 6. The van der Waals surface area contributed by atoms with Gasteiger partial charge in [0.25, 0.3) is 5.91 Å². The number of fused-ring (bicyclic) bond motifs is 2. The molecule has 0 spiro atoms. The standard InChI is InChI=1S/C20H16N4O3S/c1-12-7-15(20(25)23-13-4-5-17-18(8-13)27-11-26-17)16-9-21-24(19(16)22-12)10-14-3-2-6-28-14/h2-9H,10-11H2,1H3,(H,23,25). The highest BCUT2D eigenvalue weighted by molar-refractivity contribution is 7.09. The van der Waals surface area contributed by atoms with E-state index < -0.39 is 0 Å². The van der Waals surface area contributed by atoms with Crippen molar-refractivity contribution in [3.63, 3.8) is 0 Å². The number of hydrogen-bond donors (Lipinski definition) is 1. The lowest BCUT2D eigenvalue weighted by molar-refractivity contribution is 0.102. The number of aryl methyl sites for hydroxylation is 1. The van der Waals surface area contributed by atoms with Gasteiger partial charge in [-0.05, 0) is 36.6 Å². The van der Waals surface area contributed by atoms with Gasteiger partial charge in [-0.25, -0.2) is 9.67 Å². The Balaban J connectivity index is 1.48. The molecule has 5 rings (SSSR count). The minimum Gasteiger partial charge on any atom is -0.454 e. The normalized spacial score (nSPS) is 12.5. The number of thiophene rings is 1. The Labute approximate surface area is 164 Å². The molecule has 1 aliphatic rings. The van der Waals surface area contributed by atoms with Gasteiger partial charge in [0.05, 0.1) is 23.7 Å². The van der Waals surface area contributed by atoms with E-state index in [9.17, 15) is 4.79 Å². The van der Waals surface area contributed by atoms with Crippen LogP contribution in [0.1, 0.15) is 20.9 Å². The minimum atomic E-state index is -0.218. The zero-order chi connectivity index (χ0) is 19.1. The molecule has 1 amide bonds. The molecule has 0 unspecified atom stereocenters. The molecule has 1 aromatic carbocycles. The summed E-state index contributed by atoms with van der Waals surface area (Å²) in [6.45, 7) is 2.69. The predicted molar refractivity (Wildman–Crippen MR) is 106 cm³/mol. The number of nitrogens with one attached hydrogen (secondary N) is 1. The molecule has 7 nitrogen and oxygen atoms in total. The van der Waals surface area contributed by atoms with Crippen LogP contribution in [-0.2, 0) is 6.54 Å². The number of carbonyl (C=O) groups is 1. The van der Waals surface area contributed by atoms with Crippen LogP contribution in [-0.4, -0.2) is 27.5 Å². The van der Waals surface area contributed by atoms with Gasteiger partial charge in [0, 0.05) is 22.3 Å². The summed E-state index contributed by atoms with van der Waals surface area (Å²) in [5.41, 5.74) is 2.64. The maximum absolute atomic E-state index is 13.0. The average molecular weight is 392 g/mol. The van der Waals surface area contributed by atoms with Gasteiger partial charge >= 0.3 is 0 Å². The van der Waals surface area contributed by atoms with Crippen LogP contribution in [0.3, 0.4) is 0 Å². The van der Waals surface area contributed by atoms with Gasteiger partial charge in [-0.1, -0.05) is 6.07 Å². The first-order valence-corrected chi connectivity index (χ1v) is 9.62. The zero-order valence-corrected chi connectivity index (χ0v) is 15.8. The SMILES string of the molecule is Cc1cc(C(=O)Nc2ccc3c(c2)OCO3)c2cnn(Cc3cccs3)c2n1. The quantitative estimate of drug-likeness (QED) is 0.571. The number of ether oxygens (including phenoxy) is 2. The molecule has 1 N–H and O–H groups in total. The van der Waals surface area contributed by atoms with E-state index in [2.05, 4.69) is 21.5 Å². The van der Waals surface area contributed by atoms with E-state index >= 15 is 0 Å². The summed E-state index contributed by atoms with van der Waals surface area (Å²) in [4.78, 5) is 18.7. The van der Waals surface area contributed by atoms with Crippen LogP contribution in [0.2, 0.25) is 0 Å². The Kier molecular flexibility index (Phi) is 3.98. The van der Waals surface area contributed by atoms with Crippen LogP contribution in [0.5, 0.6) is 11.5 Å². The number of carbonyl (C=O) groups excluding carboxylic acids is 1. The van der Waals surface area contributed by atoms with Gasteiger partial charge in [0.15, 0.2) is 17.1 Å². The number of benzene rings is 1. The van der Waals surface area contributed by atoms with Gasteiger partial charge in [0.1, 0.15) is 0 Å². The number of pyridine rings is 1. The molecular formula is C20H16N4O3S. The van der Waals surface area contributed by atoms with Crippen molar-refractivity contribution in [1.29, 1.82) is 0 Å². The molecule has 8 heteroatoms. The fraction of sp³-hybridized carbons (Fsp3) is 0.150. The average Bonchev–Trinajstić information content (AvgIpc) is 3.43. The Hall–Kier alpha value is -3.39. The fourth-order valence-electron chi connectivity index (χ4n) is 3.20. The van der Waals surface area contributed by atoms with Gasteiger partial charge in [-0.15, -0.1) is 11.3 Å². The summed E-state index contributed by atoms with van der Waals surface area (Å²) in [7, 11) is 0. The van der Waals surface area contributed by atoms with Crippen molar-refractivity contribution in [3.8, 4) is 11.5 Å². The summed E-state index contributed by atoms with van der Waals surface area (Å²) >= 11 is 1.67.